The Morgan fingerprint density at radius 1 is 0.731 bits per heavy atom. The Morgan fingerprint density at radius 2 is 1.19 bits per heavy atom. The first-order chi connectivity index (χ1) is 12.0. The topological polar surface area (TPSA) is 76.0 Å². The lowest BCUT2D eigenvalue weighted by Crippen LogP contribution is -2.30. The molecule has 5 nitrogen and oxygen atoms in total. The minimum absolute atomic E-state index is 0.210. The van der Waals surface area contributed by atoms with Crippen molar-refractivity contribution in [3.63, 3.8) is 0 Å². The standard InChI is InChI=1S/C20H43O5P/c1-6-7-8-9-10-11-12-13-14-15-16-19(2,3)24-18-17-20(4,5)25-26(21,22)23/h6-18H2,1-5H3,(H2,21,22,23). The highest BCUT2D eigenvalue weighted by Crippen LogP contribution is 2.42. The third-order valence-corrected chi connectivity index (χ3v) is 5.43. The first-order valence-corrected chi connectivity index (χ1v) is 11.9. The van der Waals surface area contributed by atoms with Crippen molar-refractivity contribution in [2.75, 3.05) is 6.61 Å². The summed E-state index contributed by atoms with van der Waals surface area (Å²) < 4.78 is 21.7. The lowest BCUT2D eigenvalue weighted by molar-refractivity contribution is -0.0497. The first-order valence-electron chi connectivity index (χ1n) is 10.4. The van der Waals surface area contributed by atoms with Crippen molar-refractivity contribution in [2.45, 2.75) is 123 Å². The zero-order chi connectivity index (χ0) is 20.1. The van der Waals surface area contributed by atoms with Gasteiger partial charge in [-0.25, -0.2) is 4.57 Å². The molecule has 0 aliphatic carbocycles. The second-order valence-electron chi connectivity index (χ2n) is 8.63. The number of hydrogen-bond donors (Lipinski definition) is 2. The second-order valence-corrected chi connectivity index (χ2v) is 9.80. The van der Waals surface area contributed by atoms with Crippen molar-refractivity contribution in [1.29, 1.82) is 0 Å². The van der Waals surface area contributed by atoms with Gasteiger partial charge in [0.2, 0.25) is 0 Å². The molecule has 2 N–H and O–H groups in total. The highest BCUT2D eigenvalue weighted by atomic mass is 31.2. The Bertz CT molecular complexity index is 390. The molecule has 0 aliphatic heterocycles. The Hall–Kier alpha value is 0.0700. The summed E-state index contributed by atoms with van der Waals surface area (Å²) in [7, 11) is -4.46. The lowest BCUT2D eigenvalue weighted by Gasteiger charge is -2.29. The summed E-state index contributed by atoms with van der Waals surface area (Å²) in [6.45, 7) is 10.2. The number of ether oxygens (including phenoxy) is 1. The first kappa shape index (κ1) is 26.1. The van der Waals surface area contributed by atoms with Crippen LogP contribution in [0.5, 0.6) is 0 Å². The maximum atomic E-state index is 11.0. The zero-order valence-electron chi connectivity index (χ0n) is 17.8. The molecule has 0 unspecified atom stereocenters. The molecule has 0 amide bonds. The van der Waals surface area contributed by atoms with Gasteiger partial charge in [0.15, 0.2) is 0 Å². The second kappa shape index (κ2) is 13.3. The van der Waals surface area contributed by atoms with Crippen molar-refractivity contribution in [2.24, 2.45) is 0 Å². The predicted octanol–water partition coefficient (Wildman–Crippen LogP) is 6.37. The van der Waals surface area contributed by atoms with E-state index in [0.29, 0.717) is 13.0 Å². The molecule has 0 rings (SSSR count). The number of hydrogen-bond acceptors (Lipinski definition) is 3. The average molecular weight is 395 g/mol. The zero-order valence-corrected chi connectivity index (χ0v) is 18.7. The van der Waals surface area contributed by atoms with E-state index in [2.05, 4.69) is 20.8 Å². The molecule has 0 heterocycles. The molecule has 0 aromatic heterocycles. The van der Waals surface area contributed by atoms with E-state index in [-0.39, 0.29) is 5.60 Å². The van der Waals surface area contributed by atoms with Crippen LogP contribution >= 0.6 is 7.82 Å². The quantitative estimate of drug-likeness (QED) is 0.221. The fourth-order valence-corrected chi connectivity index (χ4v) is 3.79. The van der Waals surface area contributed by atoms with Gasteiger partial charge in [-0.15, -0.1) is 0 Å². The Labute approximate surface area is 161 Å². The fraction of sp³-hybridized carbons (Fsp3) is 1.00. The summed E-state index contributed by atoms with van der Waals surface area (Å²) in [5.41, 5.74) is -1.11. The van der Waals surface area contributed by atoms with Crippen LogP contribution in [-0.4, -0.2) is 27.6 Å². The van der Waals surface area contributed by atoms with Crippen molar-refractivity contribution >= 4 is 7.82 Å². The SMILES string of the molecule is CCCCCCCCCCCCC(C)(C)OCCC(C)(C)OP(=O)(O)O. The molecular formula is C20H43O5P. The molecule has 26 heavy (non-hydrogen) atoms. The highest BCUT2D eigenvalue weighted by Gasteiger charge is 2.29. The monoisotopic (exact) mass is 394 g/mol. The van der Waals surface area contributed by atoms with Gasteiger partial charge in [0.05, 0.1) is 17.8 Å². The smallest absolute Gasteiger partial charge is 0.375 e. The van der Waals surface area contributed by atoms with Gasteiger partial charge in [-0.2, -0.15) is 0 Å². The molecule has 6 heteroatoms. The Balaban J connectivity index is 3.71. The third-order valence-electron chi connectivity index (χ3n) is 4.70. The third kappa shape index (κ3) is 17.5. The number of phosphoric ester groups is 1. The van der Waals surface area contributed by atoms with E-state index >= 15 is 0 Å². The van der Waals surface area contributed by atoms with E-state index < -0.39 is 13.4 Å². The van der Waals surface area contributed by atoms with Crippen LogP contribution < -0.4 is 0 Å². The van der Waals surface area contributed by atoms with Crippen LogP contribution in [-0.2, 0) is 13.8 Å². The minimum atomic E-state index is -4.46. The van der Waals surface area contributed by atoms with Gasteiger partial charge in [-0.05, 0) is 40.5 Å². The van der Waals surface area contributed by atoms with E-state index in [1.165, 1.54) is 57.8 Å². The molecule has 0 saturated carbocycles. The van der Waals surface area contributed by atoms with Gasteiger partial charge in [-0.3, -0.25) is 4.52 Å². The molecule has 0 atom stereocenters. The number of phosphoric acid groups is 1. The van der Waals surface area contributed by atoms with E-state index in [1.807, 2.05) is 0 Å². The van der Waals surface area contributed by atoms with Crippen molar-refractivity contribution in [3.05, 3.63) is 0 Å². The number of rotatable bonds is 17. The van der Waals surface area contributed by atoms with E-state index in [9.17, 15) is 4.57 Å². The molecule has 0 aromatic rings. The molecule has 158 valence electrons. The van der Waals surface area contributed by atoms with Crippen LogP contribution in [0.1, 0.15) is 112 Å². The summed E-state index contributed by atoms with van der Waals surface area (Å²) in [6, 6.07) is 0. The van der Waals surface area contributed by atoms with Gasteiger partial charge in [-0.1, -0.05) is 71.1 Å². The van der Waals surface area contributed by atoms with Crippen LogP contribution in [0.3, 0.4) is 0 Å². The molecule has 0 aliphatic rings. The minimum Gasteiger partial charge on any atom is -0.375 e. The van der Waals surface area contributed by atoms with Crippen molar-refractivity contribution in [1.82, 2.24) is 0 Å². The lowest BCUT2D eigenvalue weighted by atomic mass is 9.98. The molecule has 0 fully saturated rings. The molecule has 0 bridgehead atoms. The molecular weight excluding hydrogens is 351 g/mol. The van der Waals surface area contributed by atoms with Crippen LogP contribution in [0, 0.1) is 0 Å². The Morgan fingerprint density at radius 3 is 1.65 bits per heavy atom. The van der Waals surface area contributed by atoms with Gasteiger partial charge >= 0.3 is 7.82 Å². The molecule has 0 saturated heterocycles. The van der Waals surface area contributed by atoms with Crippen LogP contribution in [0.4, 0.5) is 0 Å². The summed E-state index contributed by atoms with van der Waals surface area (Å²) in [5.74, 6) is 0. The van der Waals surface area contributed by atoms with Gasteiger partial charge in [0.1, 0.15) is 0 Å². The van der Waals surface area contributed by atoms with E-state index in [1.54, 1.807) is 13.8 Å². The van der Waals surface area contributed by atoms with Gasteiger partial charge < -0.3 is 14.5 Å². The molecule has 0 spiro atoms. The fourth-order valence-electron chi connectivity index (χ4n) is 3.05. The van der Waals surface area contributed by atoms with Crippen LogP contribution in [0.25, 0.3) is 0 Å². The molecule has 0 radical (unpaired) electrons. The highest BCUT2D eigenvalue weighted by molar-refractivity contribution is 7.46. The van der Waals surface area contributed by atoms with Gasteiger partial charge in [0.25, 0.3) is 0 Å². The summed E-state index contributed by atoms with van der Waals surface area (Å²) in [6.07, 6.45) is 14.7. The van der Waals surface area contributed by atoms with Gasteiger partial charge in [0, 0.05) is 0 Å². The van der Waals surface area contributed by atoms with Crippen molar-refractivity contribution < 1.29 is 23.6 Å². The van der Waals surface area contributed by atoms with Crippen molar-refractivity contribution in [3.8, 4) is 0 Å². The predicted molar refractivity (Wildman–Crippen MR) is 108 cm³/mol. The van der Waals surface area contributed by atoms with Crippen LogP contribution in [0.15, 0.2) is 0 Å². The summed E-state index contributed by atoms with van der Waals surface area (Å²) >= 11 is 0. The summed E-state index contributed by atoms with van der Waals surface area (Å²) in [4.78, 5) is 17.8. The van der Waals surface area contributed by atoms with Crippen LogP contribution in [0.2, 0.25) is 0 Å². The summed E-state index contributed by atoms with van der Waals surface area (Å²) in [5, 5.41) is 0. The van der Waals surface area contributed by atoms with E-state index in [0.717, 1.165) is 12.8 Å². The number of unbranched alkanes of at least 4 members (excludes halogenated alkanes) is 9. The largest absolute Gasteiger partial charge is 0.470 e. The molecule has 0 aromatic carbocycles. The maximum Gasteiger partial charge on any atom is 0.470 e. The average Bonchev–Trinajstić information content (AvgIpc) is 2.46. The van der Waals surface area contributed by atoms with E-state index in [4.69, 9.17) is 19.0 Å². The Kier molecular flexibility index (Phi) is 13.3. The normalized spacial score (nSPS) is 13.3. The maximum absolute atomic E-state index is 11.0.